The number of ether oxygens (including phenoxy) is 2. The van der Waals surface area contributed by atoms with Gasteiger partial charge in [0.25, 0.3) is 11.1 Å². The lowest BCUT2D eigenvalue weighted by Crippen LogP contribution is -2.27. The Balaban J connectivity index is 1.48. The summed E-state index contributed by atoms with van der Waals surface area (Å²) in [5.41, 5.74) is 2.48. The van der Waals surface area contributed by atoms with Gasteiger partial charge in [-0.3, -0.25) is 14.5 Å². The van der Waals surface area contributed by atoms with Gasteiger partial charge in [-0.1, -0.05) is 53.5 Å². The third-order valence-electron chi connectivity index (χ3n) is 4.90. The van der Waals surface area contributed by atoms with Crippen LogP contribution in [0.2, 0.25) is 10.0 Å². The average Bonchev–Trinajstić information content (AvgIpc) is 3.06. The standard InChI is InChI=1S/C25H19Cl2NO4S/c1-31-22-12-17(7-10-21(22)32-15-16-5-8-19(26)9-6-16)13-23-24(29)28(25(30)33-23)14-18-3-2-4-20(27)11-18/h2-13H,14-15H2,1H3/b23-13-. The summed E-state index contributed by atoms with van der Waals surface area (Å²) < 4.78 is 11.3. The highest BCUT2D eigenvalue weighted by Gasteiger charge is 2.35. The third-order valence-corrected chi connectivity index (χ3v) is 6.29. The van der Waals surface area contributed by atoms with Gasteiger partial charge in [-0.15, -0.1) is 0 Å². The van der Waals surface area contributed by atoms with Crippen LogP contribution >= 0.6 is 35.0 Å². The largest absolute Gasteiger partial charge is 0.493 e. The first kappa shape index (κ1) is 23.2. The summed E-state index contributed by atoms with van der Waals surface area (Å²) in [5.74, 6) is 0.751. The number of carbonyl (C=O) groups is 2. The van der Waals surface area contributed by atoms with E-state index in [1.54, 1.807) is 55.7 Å². The van der Waals surface area contributed by atoms with Crippen LogP contribution in [0, 0.1) is 0 Å². The Morgan fingerprint density at radius 3 is 2.42 bits per heavy atom. The number of hydrogen-bond donors (Lipinski definition) is 0. The Kier molecular flexibility index (Phi) is 7.28. The van der Waals surface area contributed by atoms with E-state index in [1.807, 2.05) is 24.3 Å². The molecule has 168 valence electrons. The fourth-order valence-corrected chi connectivity index (χ4v) is 4.42. The van der Waals surface area contributed by atoms with Crippen molar-refractivity contribution >= 4 is 52.2 Å². The van der Waals surface area contributed by atoms with Gasteiger partial charge in [0.05, 0.1) is 18.6 Å². The molecule has 0 bridgehead atoms. The van der Waals surface area contributed by atoms with Crippen LogP contribution < -0.4 is 9.47 Å². The molecule has 3 aromatic carbocycles. The van der Waals surface area contributed by atoms with Gasteiger partial charge >= 0.3 is 0 Å². The second-order valence-corrected chi connectivity index (χ2v) is 9.09. The summed E-state index contributed by atoms with van der Waals surface area (Å²) in [6.45, 7) is 0.526. The van der Waals surface area contributed by atoms with Gasteiger partial charge in [0.2, 0.25) is 0 Å². The van der Waals surface area contributed by atoms with E-state index in [2.05, 4.69) is 0 Å². The van der Waals surface area contributed by atoms with Gasteiger partial charge in [0.15, 0.2) is 11.5 Å². The van der Waals surface area contributed by atoms with Crippen molar-refractivity contribution in [1.82, 2.24) is 4.90 Å². The number of methoxy groups -OCH3 is 1. The number of nitrogens with zero attached hydrogens (tertiary/aromatic N) is 1. The van der Waals surface area contributed by atoms with Crippen LogP contribution in [-0.4, -0.2) is 23.2 Å². The molecule has 0 radical (unpaired) electrons. The molecule has 2 amide bonds. The van der Waals surface area contributed by atoms with Crippen LogP contribution in [0.4, 0.5) is 4.79 Å². The van der Waals surface area contributed by atoms with Crippen LogP contribution in [0.5, 0.6) is 11.5 Å². The molecule has 0 aliphatic carbocycles. The summed E-state index contributed by atoms with van der Waals surface area (Å²) in [4.78, 5) is 26.8. The van der Waals surface area contributed by atoms with Gasteiger partial charge in [-0.25, -0.2) is 0 Å². The first-order valence-electron chi connectivity index (χ1n) is 9.98. The van der Waals surface area contributed by atoms with E-state index in [1.165, 1.54) is 4.90 Å². The molecule has 0 atom stereocenters. The normalized spacial score (nSPS) is 14.8. The maximum Gasteiger partial charge on any atom is 0.293 e. The van der Waals surface area contributed by atoms with E-state index in [9.17, 15) is 9.59 Å². The van der Waals surface area contributed by atoms with Crippen LogP contribution in [-0.2, 0) is 17.9 Å². The SMILES string of the molecule is COc1cc(/C=C2\SC(=O)N(Cc3cccc(Cl)c3)C2=O)ccc1OCc1ccc(Cl)cc1. The van der Waals surface area contributed by atoms with Crippen molar-refractivity contribution in [3.63, 3.8) is 0 Å². The fraction of sp³-hybridized carbons (Fsp3) is 0.120. The van der Waals surface area contributed by atoms with Crippen molar-refractivity contribution in [2.75, 3.05) is 7.11 Å². The molecule has 1 heterocycles. The lowest BCUT2D eigenvalue weighted by atomic mass is 10.1. The summed E-state index contributed by atoms with van der Waals surface area (Å²) in [5, 5.41) is 0.902. The zero-order chi connectivity index (χ0) is 23.4. The maximum absolute atomic E-state index is 12.8. The first-order chi connectivity index (χ1) is 15.9. The van der Waals surface area contributed by atoms with Crippen LogP contribution in [0.1, 0.15) is 16.7 Å². The van der Waals surface area contributed by atoms with Crippen molar-refractivity contribution in [2.24, 2.45) is 0 Å². The number of rotatable bonds is 7. The minimum Gasteiger partial charge on any atom is -0.493 e. The van der Waals surface area contributed by atoms with Gasteiger partial charge in [-0.05, 0) is 70.9 Å². The number of benzene rings is 3. The van der Waals surface area contributed by atoms with Gasteiger partial charge in [-0.2, -0.15) is 0 Å². The number of imide groups is 1. The van der Waals surface area contributed by atoms with Crippen molar-refractivity contribution in [3.8, 4) is 11.5 Å². The predicted molar refractivity (Wildman–Crippen MR) is 132 cm³/mol. The van der Waals surface area contributed by atoms with Crippen LogP contribution in [0.15, 0.2) is 71.6 Å². The summed E-state index contributed by atoms with van der Waals surface area (Å²) >= 11 is 12.8. The predicted octanol–water partition coefficient (Wildman–Crippen LogP) is 6.82. The molecular weight excluding hydrogens is 481 g/mol. The molecule has 3 aromatic rings. The van der Waals surface area contributed by atoms with Crippen molar-refractivity contribution in [3.05, 3.63) is 98.4 Å². The Morgan fingerprint density at radius 1 is 0.909 bits per heavy atom. The quantitative estimate of drug-likeness (QED) is 0.334. The van der Waals surface area contributed by atoms with E-state index in [0.29, 0.717) is 33.1 Å². The molecule has 8 heteroatoms. The molecule has 1 saturated heterocycles. The van der Waals surface area contributed by atoms with Gasteiger partial charge in [0, 0.05) is 10.0 Å². The number of amides is 2. The summed E-state index contributed by atoms with van der Waals surface area (Å²) in [7, 11) is 1.55. The monoisotopic (exact) mass is 499 g/mol. The highest BCUT2D eigenvalue weighted by atomic mass is 35.5. The van der Waals surface area contributed by atoms with E-state index in [0.717, 1.165) is 28.5 Å². The minimum atomic E-state index is -0.341. The second-order valence-electron chi connectivity index (χ2n) is 7.22. The van der Waals surface area contributed by atoms with Crippen molar-refractivity contribution in [2.45, 2.75) is 13.2 Å². The Labute approximate surface area is 205 Å². The fourth-order valence-electron chi connectivity index (χ4n) is 3.24. The molecule has 1 aliphatic rings. The second kappa shape index (κ2) is 10.3. The number of carbonyl (C=O) groups excluding carboxylic acids is 2. The average molecular weight is 500 g/mol. The molecule has 0 N–H and O–H groups in total. The Hall–Kier alpha value is -2.93. The molecule has 4 rings (SSSR count). The molecule has 1 aliphatic heterocycles. The lowest BCUT2D eigenvalue weighted by molar-refractivity contribution is -0.123. The molecule has 33 heavy (non-hydrogen) atoms. The molecule has 0 unspecified atom stereocenters. The Bertz CT molecular complexity index is 1230. The number of hydrogen-bond acceptors (Lipinski definition) is 5. The van der Waals surface area contributed by atoms with E-state index >= 15 is 0 Å². The first-order valence-corrected chi connectivity index (χ1v) is 11.6. The Morgan fingerprint density at radius 2 is 1.70 bits per heavy atom. The molecule has 0 spiro atoms. The molecule has 5 nitrogen and oxygen atoms in total. The van der Waals surface area contributed by atoms with Gasteiger partial charge < -0.3 is 9.47 Å². The smallest absolute Gasteiger partial charge is 0.293 e. The van der Waals surface area contributed by atoms with Crippen molar-refractivity contribution < 1.29 is 19.1 Å². The minimum absolute atomic E-state index is 0.170. The van der Waals surface area contributed by atoms with Crippen LogP contribution in [0.3, 0.4) is 0 Å². The maximum atomic E-state index is 12.8. The van der Waals surface area contributed by atoms with Gasteiger partial charge in [0.1, 0.15) is 6.61 Å². The summed E-state index contributed by atoms with van der Waals surface area (Å²) in [6.07, 6.45) is 1.67. The third kappa shape index (κ3) is 5.71. The molecule has 1 fully saturated rings. The van der Waals surface area contributed by atoms with E-state index < -0.39 is 0 Å². The van der Waals surface area contributed by atoms with Crippen molar-refractivity contribution in [1.29, 1.82) is 0 Å². The molecular formula is C25H19Cl2NO4S. The number of halogens is 2. The lowest BCUT2D eigenvalue weighted by Gasteiger charge is -2.13. The highest BCUT2D eigenvalue weighted by Crippen LogP contribution is 2.35. The zero-order valence-electron chi connectivity index (χ0n) is 17.6. The van der Waals surface area contributed by atoms with E-state index in [-0.39, 0.29) is 17.7 Å². The molecule has 0 saturated carbocycles. The highest BCUT2D eigenvalue weighted by molar-refractivity contribution is 8.18. The zero-order valence-corrected chi connectivity index (χ0v) is 19.9. The number of thioether (sulfide) groups is 1. The summed E-state index contributed by atoms with van der Waals surface area (Å²) in [6, 6.07) is 19.8. The topological polar surface area (TPSA) is 55.8 Å². The molecule has 0 aromatic heterocycles. The van der Waals surface area contributed by atoms with Crippen LogP contribution in [0.25, 0.3) is 6.08 Å². The van der Waals surface area contributed by atoms with E-state index in [4.69, 9.17) is 32.7 Å².